The molecule has 2 rings (SSSR count). The van der Waals surface area contributed by atoms with Crippen LogP contribution in [0, 0.1) is 0 Å². The lowest BCUT2D eigenvalue weighted by Crippen LogP contribution is -2.13. The Labute approximate surface area is 156 Å². The highest BCUT2D eigenvalue weighted by molar-refractivity contribution is 5.94. The van der Waals surface area contributed by atoms with Crippen LogP contribution in [0.15, 0.2) is 48.5 Å². The molecule has 0 fully saturated rings. The first-order valence-corrected chi connectivity index (χ1v) is 8.42. The van der Waals surface area contributed by atoms with E-state index in [0.29, 0.717) is 35.8 Å². The Bertz CT molecular complexity index is 800. The van der Waals surface area contributed by atoms with Crippen LogP contribution in [0.2, 0.25) is 0 Å². The molecule has 0 heterocycles. The van der Waals surface area contributed by atoms with Gasteiger partial charge in [0.1, 0.15) is 11.5 Å². The molecule has 0 aliphatic carbocycles. The number of benzene rings is 2. The van der Waals surface area contributed by atoms with Gasteiger partial charge in [-0.15, -0.1) is 0 Å². The minimum Gasteiger partial charge on any atom is -0.494 e. The van der Waals surface area contributed by atoms with Crippen molar-refractivity contribution in [2.24, 2.45) is 0 Å². The van der Waals surface area contributed by atoms with Crippen molar-refractivity contribution in [2.45, 2.75) is 19.8 Å². The standard InChI is InChI=1S/C20H21NO6/c1-14(22)15-4-2-5-18(12-15)26-11-3-6-19(23)21-16-7-9-17(10-8-16)27-13-20(24)25/h2,4-5,7-10,12H,3,6,11,13H2,1H3,(H,21,23)(H,24,25). The maximum Gasteiger partial charge on any atom is 0.341 e. The summed E-state index contributed by atoms with van der Waals surface area (Å²) in [4.78, 5) is 33.7. The molecule has 2 N–H and O–H groups in total. The lowest BCUT2D eigenvalue weighted by molar-refractivity contribution is -0.139. The fraction of sp³-hybridized carbons (Fsp3) is 0.250. The number of aliphatic carboxylic acids is 1. The number of anilines is 1. The third-order valence-electron chi connectivity index (χ3n) is 3.56. The number of rotatable bonds is 10. The van der Waals surface area contributed by atoms with Crippen molar-refractivity contribution >= 4 is 23.3 Å². The summed E-state index contributed by atoms with van der Waals surface area (Å²) in [5, 5.41) is 11.3. The molecule has 2 aromatic rings. The van der Waals surface area contributed by atoms with Gasteiger partial charge in [0.25, 0.3) is 0 Å². The number of hydrogen-bond donors (Lipinski definition) is 2. The zero-order chi connectivity index (χ0) is 19.6. The fourth-order valence-electron chi connectivity index (χ4n) is 2.23. The SMILES string of the molecule is CC(=O)c1cccc(OCCCC(=O)Nc2ccc(OCC(=O)O)cc2)c1. The topological polar surface area (TPSA) is 102 Å². The Morgan fingerprint density at radius 2 is 1.74 bits per heavy atom. The zero-order valence-electron chi connectivity index (χ0n) is 14.9. The van der Waals surface area contributed by atoms with E-state index in [-0.39, 0.29) is 18.1 Å². The van der Waals surface area contributed by atoms with E-state index in [4.69, 9.17) is 14.6 Å². The van der Waals surface area contributed by atoms with E-state index in [1.807, 2.05) is 0 Å². The van der Waals surface area contributed by atoms with Crippen molar-refractivity contribution in [3.05, 3.63) is 54.1 Å². The van der Waals surface area contributed by atoms with Gasteiger partial charge in [-0.2, -0.15) is 0 Å². The van der Waals surface area contributed by atoms with Crippen LogP contribution in [0.5, 0.6) is 11.5 Å². The first-order valence-electron chi connectivity index (χ1n) is 8.42. The number of ketones is 1. The van der Waals surface area contributed by atoms with Crippen molar-refractivity contribution in [3.63, 3.8) is 0 Å². The van der Waals surface area contributed by atoms with Gasteiger partial charge in [0.05, 0.1) is 6.61 Å². The Balaban J connectivity index is 1.71. The van der Waals surface area contributed by atoms with Gasteiger partial charge < -0.3 is 19.9 Å². The molecule has 0 atom stereocenters. The summed E-state index contributed by atoms with van der Waals surface area (Å²) in [7, 11) is 0. The van der Waals surface area contributed by atoms with E-state index in [1.54, 1.807) is 48.5 Å². The second-order valence-corrected chi connectivity index (χ2v) is 5.79. The van der Waals surface area contributed by atoms with Gasteiger partial charge >= 0.3 is 5.97 Å². The summed E-state index contributed by atoms with van der Waals surface area (Å²) in [6.07, 6.45) is 0.805. The molecule has 142 valence electrons. The normalized spacial score (nSPS) is 10.1. The van der Waals surface area contributed by atoms with Crippen LogP contribution in [0.1, 0.15) is 30.1 Å². The molecule has 1 amide bonds. The number of ether oxygens (including phenoxy) is 2. The third kappa shape index (κ3) is 7.19. The number of carboxylic acids is 1. The number of nitrogens with one attached hydrogen (secondary N) is 1. The molecule has 0 radical (unpaired) electrons. The molecule has 27 heavy (non-hydrogen) atoms. The molecule has 0 aliphatic heterocycles. The summed E-state index contributed by atoms with van der Waals surface area (Å²) in [6, 6.07) is 13.4. The predicted molar refractivity (Wildman–Crippen MR) is 99.4 cm³/mol. The number of carboxylic acid groups (broad SMARTS) is 1. The smallest absolute Gasteiger partial charge is 0.341 e. The third-order valence-corrected chi connectivity index (χ3v) is 3.56. The van der Waals surface area contributed by atoms with Gasteiger partial charge in [-0.3, -0.25) is 9.59 Å². The van der Waals surface area contributed by atoms with E-state index < -0.39 is 12.6 Å². The van der Waals surface area contributed by atoms with Crippen molar-refractivity contribution in [3.8, 4) is 11.5 Å². The minimum absolute atomic E-state index is 0.0285. The molecule has 0 aliphatic rings. The van der Waals surface area contributed by atoms with E-state index >= 15 is 0 Å². The van der Waals surface area contributed by atoms with Crippen LogP contribution in [0.3, 0.4) is 0 Å². The van der Waals surface area contributed by atoms with E-state index in [0.717, 1.165) is 0 Å². The van der Waals surface area contributed by atoms with Crippen LogP contribution in [-0.4, -0.2) is 36.0 Å². The molecule has 2 aromatic carbocycles. The second-order valence-electron chi connectivity index (χ2n) is 5.79. The molecular weight excluding hydrogens is 350 g/mol. The van der Waals surface area contributed by atoms with Crippen molar-refractivity contribution in [1.82, 2.24) is 0 Å². The molecule has 0 saturated heterocycles. The van der Waals surface area contributed by atoms with Crippen molar-refractivity contribution in [1.29, 1.82) is 0 Å². The van der Waals surface area contributed by atoms with Gasteiger partial charge in [0.2, 0.25) is 5.91 Å². The quantitative estimate of drug-likeness (QED) is 0.491. The van der Waals surface area contributed by atoms with Gasteiger partial charge in [-0.1, -0.05) is 12.1 Å². The Kier molecular flexibility index (Phi) is 7.37. The Morgan fingerprint density at radius 1 is 1.00 bits per heavy atom. The first-order chi connectivity index (χ1) is 12.9. The molecule has 7 nitrogen and oxygen atoms in total. The van der Waals surface area contributed by atoms with Gasteiger partial charge in [-0.05, 0) is 49.7 Å². The molecule has 0 aromatic heterocycles. The average Bonchev–Trinajstić information content (AvgIpc) is 2.65. The van der Waals surface area contributed by atoms with Crippen molar-refractivity contribution in [2.75, 3.05) is 18.5 Å². The van der Waals surface area contributed by atoms with Crippen LogP contribution in [0.25, 0.3) is 0 Å². The number of carbonyl (C=O) groups is 3. The molecule has 7 heteroatoms. The minimum atomic E-state index is -1.05. The summed E-state index contributed by atoms with van der Waals surface area (Å²) in [6.45, 7) is 1.44. The van der Waals surface area contributed by atoms with E-state index in [9.17, 15) is 14.4 Å². The molecule has 0 spiro atoms. The number of hydrogen-bond acceptors (Lipinski definition) is 5. The molecular formula is C20H21NO6. The summed E-state index contributed by atoms with van der Waals surface area (Å²) in [5.41, 5.74) is 1.18. The van der Waals surface area contributed by atoms with Crippen LogP contribution >= 0.6 is 0 Å². The molecule has 0 bridgehead atoms. The van der Waals surface area contributed by atoms with Crippen LogP contribution < -0.4 is 14.8 Å². The van der Waals surface area contributed by atoms with Gasteiger partial charge in [0.15, 0.2) is 12.4 Å². The average molecular weight is 371 g/mol. The fourth-order valence-corrected chi connectivity index (χ4v) is 2.23. The second kappa shape index (κ2) is 9.96. The van der Waals surface area contributed by atoms with E-state index in [2.05, 4.69) is 5.32 Å². The van der Waals surface area contributed by atoms with E-state index in [1.165, 1.54) is 6.92 Å². The largest absolute Gasteiger partial charge is 0.494 e. The lowest BCUT2D eigenvalue weighted by atomic mass is 10.1. The maximum absolute atomic E-state index is 11.9. The number of carbonyl (C=O) groups excluding carboxylic acids is 2. The van der Waals surface area contributed by atoms with Crippen molar-refractivity contribution < 1.29 is 29.0 Å². The van der Waals surface area contributed by atoms with Gasteiger partial charge in [0, 0.05) is 17.7 Å². The number of amides is 1. The lowest BCUT2D eigenvalue weighted by Gasteiger charge is -2.08. The summed E-state index contributed by atoms with van der Waals surface area (Å²) in [5.74, 6) is -0.228. The monoisotopic (exact) mass is 371 g/mol. The zero-order valence-corrected chi connectivity index (χ0v) is 14.9. The van der Waals surface area contributed by atoms with Gasteiger partial charge in [-0.25, -0.2) is 4.79 Å². The predicted octanol–water partition coefficient (Wildman–Crippen LogP) is 3.15. The highest BCUT2D eigenvalue weighted by Crippen LogP contribution is 2.16. The van der Waals surface area contributed by atoms with Crippen LogP contribution in [0.4, 0.5) is 5.69 Å². The highest BCUT2D eigenvalue weighted by Gasteiger charge is 2.05. The maximum atomic E-state index is 11.9. The van der Waals surface area contributed by atoms with Crippen LogP contribution in [-0.2, 0) is 9.59 Å². The summed E-state index contributed by atoms with van der Waals surface area (Å²) >= 11 is 0. The Morgan fingerprint density at radius 3 is 2.41 bits per heavy atom. The Hall–Kier alpha value is -3.35. The molecule has 0 saturated carbocycles. The summed E-state index contributed by atoms with van der Waals surface area (Å²) < 4.78 is 10.6. The molecule has 0 unspecified atom stereocenters. The highest BCUT2D eigenvalue weighted by atomic mass is 16.5. The first kappa shape index (κ1) is 20.0. The number of Topliss-reactive ketones (excluding diaryl/α,β-unsaturated/α-hetero) is 1.